The van der Waals surface area contributed by atoms with Gasteiger partial charge in [0.15, 0.2) is 0 Å². The van der Waals surface area contributed by atoms with Crippen LogP contribution >= 0.6 is 24.0 Å². The molecule has 0 atom stereocenters. The van der Waals surface area contributed by atoms with Crippen molar-refractivity contribution in [2.24, 2.45) is 0 Å². The summed E-state index contributed by atoms with van der Waals surface area (Å²) in [4.78, 5) is 0. The Labute approximate surface area is 85.7 Å². The first-order chi connectivity index (χ1) is 5.45. The van der Waals surface area contributed by atoms with Crippen LogP contribution in [0.1, 0.15) is 40.5 Å². The van der Waals surface area contributed by atoms with Crippen LogP contribution < -0.4 is 5.32 Å². The molecule has 0 aromatic heterocycles. The summed E-state index contributed by atoms with van der Waals surface area (Å²) in [6, 6.07) is 0. The van der Waals surface area contributed by atoms with Crippen LogP contribution in [0.5, 0.6) is 0 Å². The summed E-state index contributed by atoms with van der Waals surface area (Å²) in [6.07, 6.45) is 2.49. The summed E-state index contributed by atoms with van der Waals surface area (Å²) < 4.78 is 0.927. The van der Waals surface area contributed by atoms with Crippen LogP contribution in [0.2, 0.25) is 0 Å². The molecule has 0 spiro atoms. The van der Waals surface area contributed by atoms with Gasteiger partial charge in [0.25, 0.3) is 0 Å². The molecule has 0 unspecified atom stereocenters. The Balaban J connectivity index is 3.47. The van der Waals surface area contributed by atoms with E-state index in [4.69, 9.17) is 12.2 Å². The molecule has 0 saturated carbocycles. The van der Waals surface area contributed by atoms with Gasteiger partial charge >= 0.3 is 0 Å². The van der Waals surface area contributed by atoms with E-state index in [1.807, 2.05) is 0 Å². The van der Waals surface area contributed by atoms with Crippen molar-refractivity contribution < 1.29 is 0 Å². The molecule has 0 aromatic rings. The third-order valence-electron chi connectivity index (χ3n) is 1.21. The SMILES string of the molecule is CCCCSC(=S)NC(C)(C)C. The van der Waals surface area contributed by atoms with Gasteiger partial charge in [-0.1, -0.05) is 37.3 Å². The molecule has 72 valence electrons. The van der Waals surface area contributed by atoms with E-state index in [2.05, 4.69) is 33.0 Å². The molecule has 0 aliphatic carbocycles. The average molecular weight is 205 g/mol. The van der Waals surface area contributed by atoms with Crippen LogP contribution in [0, 0.1) is 0 Å². The standard InChI is InChI=1S/C9H19NS2/c1-5-6-7-12-8(11)10-9(2,3)4/h5-7H2,1-4H3,(H,10,11). The van der Waals surface area contributed by atoms with Crippen molar-refractivity contribution in [3.05, 3.63) is 0 Å². The van der Waals surface area contributed by atoms with Crippen LogP contribution in [-0.2, 0) is 0 Å². The summed E-state index contributed by atoms with van der Waals surface area (Å²) in [7, 11) is 0. The van der Waals surface area contributed by atoms with Gasteiger partial charge in [0.2, 0.25) is 0 Å². The fraction of sp³-hybridized carbons (Fsp3) is 0.889. The molecular weight excluding hydrogens is 186 g/mol. The van der Waals surface area contributed by atoms with E-state index in [0.717, 1.165) is 10.1 Å². The van der Waals surface area contributed by atoms with Crippen molar-refractivity contribution >= 4 is 28.3 Å². The molecule has 0 radical (unpaired) electrons. The summed E-state index contributed by atoms with van der Waals surface area (Å²) in [5, 5.41) is 3.27. The molecule has 0 bridgehead atoms. The molecule has 3 heteroatoms. The van der Waals surface area contributed by atoms with Gasteiger partial charge < -0.3 is 5.32 Å². The first-order valence-electron chi connectivity index (χ1n) is 4.40. The van der Waals surface area contributed by atoms with E-state index in [-0.39, 0.29) is 5.54 Å². The third kappa shape index (κ3) is 8.34. The molecule has 12 heavy (non-hydrogen) atoms. The van der Waals surface area contributed by atoms with Crippen LogP contribution in [-0.4, -0.2) is 15.6 Å². The van der Waals surface area contributed by atoms with Gasteiger partial charge in [0.05, 0.1) is 0 Å². The molecule has 0 aromatic carbocycles. The lowest BCUT2D eigenvalue weighted by Gasteiger charge is -2.21. The van der Waals surface area contributed by atoms with Crippen molar-refractivity contribution in [3.63, 3.8) is 0 Å². The van der Waals surface area contributed by atoms with Crippen LogP contribution in [0.25, 0.3) is 0 Å². The van der Waals surface area contributed by atoms with Crippen molar-refractivity contribution in [3.8, 4) is 0 Å². The zero-order chi connectivity index (χ0) is 9.61. The zero-order valence-electron chi connectivity index (χ0n) is 8.44. The Kier molecular flexibility index (Phi) is 5.93. The highest BCUT2D eigenvalue weighted by Crippen LogP contribution is 2.09. The normalized spacial score (nSPS) is 11.3. The third-order valence-corrected chi connectivity index (χ3v) is 2.52. The predicted molar refractivity (Wildman–Crippen MR) is 62.9 cm³/mol. The lowest BCUT2D eigenvalue weighted by atomic mass is 10.1. The summed E-state index contributed by atoms with van der Waals surface area (Å²) in [5.41, 5.74) is 0.107. The molecule has 1 N–H and O–H groups in total. The van der Waals surface area contributed by atoms with Gasteiger partial charge in [-0.25, -0.2) is 0 Å². The number of unbranched alkanes of at least 4 members (excludes halogenated alkanes) is 1. The van der Waals surface area contributed by atoms with E-state index in [1.54, 1.807) is 11.8 Å². The molecule has 0 aliphatic heterocycles. The lowest BCUT2D eigenvalue weighted by molar-refractivity contribution is 0.519. The Morgan fingerprint density at radius 2 is 2.00 bits per heavy atom. The number of hydrogen-bond donors (Lipinski definition) is 1. The minimum atomic E-state index is 0.107. The fourth-order valence-electron chi connectivity index (χ4n) is 0.651. The number of nitrogens with one attached hydrogen (secondary N) is 1. The fourth-order valence-corrected chi connectivity index (χ4v) is 2.20. The summed E-state index contributed by atoms with van der Waals surface area (Å²) >= 11 is 6.92. The molecule has 1 nitrogen and oxygen atoms in total. The zero-order valence-corrected chi connectivity index (χ0v) is 10.1. The van der Waals surface area contributed by atoms with Gasteiger partial charge in [-0.3, -0.25) is 0 Å². The summed E-state index contributed by atoms with van der Waals surface area (Å²) in [6.45, 7) is 8.57. The number of thiocarbonyl (C=S) groups is 1. The van der Waals surface area contributed by atoms with Crippen molar-refractivity contribution in [1.82, 2.24) is 5.32 Å². The molecule has 0 saturated heterocycles. The first-order valence-corrected chi connectivity index (χ1v) is 5.80. The van der Waals surface area contributed by atoms with E-state index < -0.39 is 0 Å². The highest BCUT2D eigenvalue weighted by atomic mass is 32.2. The van der Waals surface area contributed by atoms with Gasteiger partial charge in [0.1, 0.15) is 4.32 Å². The smallest absolute Gasteiger partial charge is 0.134 e. The molecule has 0 rings (SSSR count). The Bertz CT molecular complexity index is 138. The second-order valence-electron chi connectivity index (χ2n) is 3.86. The van der Waals surface area contributed by atoms with E-state index in [0.29, 0.717) is 0 Å². The predicted octanol–water partition coefficient (Wildman–Crippen LogP) is 3.19. The monoisotopic (exact) mass is 205 g/mol. The molecule has 0 heterocycles. The average Bonchev–Trinajstić information content (AvgIpc) is 1.84. The van der Waals surface area contributed by atoms with Crippen LogP contribution in [0.15, 0.2) is 0 Å². The second kappa shape index (κ2) is 5.81. The van der Waals surface area contributed by atoms with Gasteiger partial charge in [-0.2, -0.15) is 0 Å². The maximum Gasteiger partial charge on any atom is 0.134 e. The van der Waals surface area contributed by atoms with Gasteiger partial charge in [-0.05, 0) is 27.2 Å². The highest BCUT2D eigenvalue weighted by Gasteiger charge is 2.10. The second-order valence-corrected chi connectivity index (χ2v) is 5.64. The van der Waals surface area contributed by atoms with Crippen LogP contribution in [0.4, 0.5) is 0 Å². The molecular formula is C9H19NS2. The van der Waals surface area contributed by atoms with Gasteiger partial charge in [-0.15, -0.1) is 0 Å². The highest BCUT2D eigenvalue weighted by molar-refractivity contribution is 8.22. The molecule has 0 amide bonds. The first kappa shape index (κ1) is 12.2. The molecule has 0 fully saturated rings. The Morgan fingerprint density at radius 1 is 1.42 bits per heavy atom. The maximum atomic E-state index is 5.17. The topological polar surface area (TPSA) is 12.0 Å². The minimum absolute atomic E-state index is 0.107. The maximum absolute atomic E-state index is 5.17. The van der Waals surface area contributed by atoms with E-state index in [9.17, 15) is 0 Å². The minimum Gasteiger partial charge on any atom is -0.366 e. The van der Waals surface area contributed by atoms with Crippen molar-refractivity contribution in [2.75, 3.05) is 5.75 Å². The van der Waals surface area contributed by atoms with E-state index >= 15 is 0 Å². The largest absolute Gasteiger partial charge is 0.366 e. The van der Waals surface area contributed by atoms with Crippen LogP contribution in [0.3, 0.4) is 0 Å². The van der Waals surface area contributed by atoms with Crippen molar-refractivity contribution in [1.29, 1.82) is 0 Å². The van der Waals surface area contributed by atoms with Gasteiger partial charge in [0, 0.05) is 11.3 Å². The molecule has 0 aliphatic rings. The van der Waals surface area contributed by atoms with Crippen molar-refractivity contribution in [2.45, 2.75) is 46.1 Å². The number of thioether (sulfide) groups is 1. The van der Waals surface area contributed by atoms with E-state index in [1.165, 1.54) is 12.8 Å². The number of rotatable bonds is 3. The Hall–Kier alpha value is 0.240. The lowest BCUT2D eigenvalue weighted by Crippen LogP contribution is -2.38. The Morgan fingerprint density at radius 3 is 2.42 bits per heavy atom. The quantitative estimate of drug-likeness (QED) is 0.561. The number of hydrogen-bond acceptors (Lipinski definition) is 2. The summed E-state index contributed by atoms with van der Waals surface area (Å²) in [5.74, 6) is 1.14.